The van der Waals surface area contributed by atoms with Crippen molar-refractivity contribution in [1.29, 1.82) is 0 Å². The van der Waals surface area contributed by atoms with Crippen molar-refractivity contribution in [3.05, 3.63) is 35.4 Å². The highest BCUT2D eigenvalue weighted by Gasteiger charge is 2.28. The Hall–Kier alpha value is -2.70. The molecule has 0 spiro atoms. The van der Waals surface area contributed by atoms with Crippen LogP contribution in [-0.2, 0) is 9.59 Å². The number of ketones is 1. The fraction of sp³-hybridized carbons (Fsp3) is 0.333. The van der Waals surface area contributed by atoms with Crippen LogP contribution in [0.25, 0.3) is 0 Å². The minimum Gasteiger partial charge on any atom is -0.361 e. The second kappa shape index (κ2) is 6.38. The topological polar surface area (TPSA) is 101 Å². The van der Waals surface area contributed by atoms with Gasteiger partial charge in [0.25, 0.3) is 5.91 Å². The lowest BCUT2D eigenvalue weighted by atomic mass is 10.0. The Morgan fingerprint density at radius 1 is 0.909 bits per heavy atom. The van der Waals surface area contributed by atoms with Gasteiger partial charge in [0.1, 0.15) is 0 Å². The quantitative estimate of drug-likeness (QED) is 0.596. The fourth-order valence-corrected chi connectivity index (χ4v) is 2.42. The highest BCUT2D eigenvalue weighted by Crippen LogP contribution is 2.14. The zero-order valence-electron chi connectivity index (χ0n) is 12.2. The van der Waals surface area contributed by atoms with E-state index in [1.54, 1.807) is 29.2 Å². The molecule has 3 amide bonds. The Balaban J connectivity index is 2.09. The number of carbonyl (C=O) groups is 4. The Kier molecular flexibility index (Phi) is 4.55. The fourth-order valence-electron chi connectivity index (χ4n) is 2.42. The summed E-state index contributed by atoms with van der Waals surface area (Å²) in [4.78, 5) is 49.4. The summed E-state index contributed by atoms with van der Waals surface area (Å²) in [5, 5.41) is 0. The van der Waals surface area contributed by atoms with Crippen LogP contribution < -0.4 is 5.73 Å². The molecule has 2 rings (SSSR count). The first-order valence-corrected chi connectivity index (χ1v) is 6.89. The number of benzene rings is 1. The molecule has 1 fully saturated rings. The van der Waals surface area contributed by atoms with Crippen LogP contribution in [0.2, 0.25) is 0 Å². The molecule has 1 aromatic rings. The van der Waals surface area contributed by atoms with Crippen molar-refractivity contribution >= 4 is 23.5 Å². The van der Waals surface area contributed by atoms with Gasteiger partial charge in [0.2, 0.25) is 0 Å². The maximum Gasteiger partial charge on any atom is 0.311 e. The van der Waals surface area contributed by atoms with Gasteiger partial charge in [-0.3, -0.25) is 19.2 Å². The van der Waals surface area contributed by atoms with Crippen LogP contribution in [0.5, 0.6) is 0 Å². The molecule has 1 heterocycles. The van der Waals surface area contributed by atoms with E-state index in [0.29, 0.717) is 24.2 Å². The molecule has 1 saturated heterocycles. The van der Waals surface area contributed by atoms with E-state index in [1.165, 1.54) is 11.8 Å². The summed E-state index contributed by atoms with van der Waals surface area (Å²) >= 11 is 0. The third-order valence-corrected chi connectivity index (χ3v) is 3.60. The van der Waals surface area contributed by atoms with Gasteiger partial charge in [0.15, 0.2) is 5.78 Å². The van der Waals surface area contributed by atoms with Crippen molar-refractivity contribution in [1.82, 2.24) is 9.80 Å². The summed E-state index contributed by atoms with van der Waals surface area (Å²) < 4.78 is 0. The van der Waals surface area contributed by atoms with Crippen LogP contribution in [0.3, 0.4) is 0 Å². The molecule has 1 aliphatic rings. The molecule has 0 bridgehead atoms. The van der Waals surface area contributed by atoms with E-state index in [4.69, 9.17) is 5.73 Å². The summed E-state index contributed by atoms with van der Waals surface area (Å²) in [7, 11) is 0. The normalized spacial score (nSPS) is 14.6. The Bertz CT molecular complexity index is 633. The zero-order valence-corrected chi connectivity index (χ0v) is 12.2. The SMILES string of the molecule is CC(=O)c1ccccc1C(=O)N1CCN(C(=O)C(N)=O)CC1. The molecule has 0 aromatic heterocycles. The third kappa shape index (κ3) is 3.13. The Labute approximate surface area is 127 Å². The number of hydrogen-bond donors (Lipinski definition) is 1. The molecule has 116 valence electrons. The minimum absolute atomic E-state index is 0.175. The van der Waals surface area contributed by atoms with Gasteiger partial charge in [-0.2, -0.15) is 0 Å². The van der Waals surface area contributed by atoms with E-state index in [2.05, 4.69) is 0 Å². The number of nitrogens with two attached hydrogens (primary N) is 1. The average Bonchev–Trinajstić information content (AvgIpc) is 2.53. The molecule has 1 aromatic carbocycles. The molecule has 0 atom stereocenters. The standard InChI is InChI=1S/C15H17N3O4/c1-10(19)11-4-2-3-5-12(11)14(21)17-6-8-18(9-7-17)15(22)13(16)20/h2-5H,6-9H2,1H3,(H2,16,20). The van der Waals surface area contributed by atoms with Gasteiger partial charge in [-0.05, 0) is 13.0 Å². The third-order valence-electron chi connectivity index (χ3n) is 3.60. The number of Topliss-reactive ketones (excluding diaryl/α,β-unsaturated/α-hetero) is 1. The van der Waals surface area contributed by atoms with Gasteiger partial charge in [-0.1, -0.05) is 18.2 Å². The highest BCUT2D eigenvalue weighted by molar-refractivity contribution is 6.34. The number of rotatable bonds is 2. The van der Waals surface area contributed by atoms with Crippen LogP contribution in [0, 0.1) is 0 Å². The molecule has 7 nitrogen and oxygen atoms in total. The summed E-state index contributed by atoms with van der Waals surface area (Å²) in [6.45, 7) is 2.50. The molecule has 0 aliphatic carbocycles. The van der Waals surface area contributed by atoms with Crippen LogP contribution in [0.15, 0.2) is 24.3 Å². The van der Waals surface area contributed by atoms with Gasteiger partial charge >= 0.3 is 11.8 Å². The van der Waals surface area contributed by atoms with E-state index < -0.39 is 11.8 Å². The maximum atomic E-state index is 12.5. The number of hydrogen-bond acceptors (Lipinski definition) is 4. The van der Waals surface area contributed by atoms with E-state index in [9.17, 15) is 19.2 Å². The van der Waals surface area contributed by atoms with Crippen molar-refractivity contribution in [2.24, 2.45) is 5.73 Å². The second-order valence-electron chi connectivity index (χ2n) is 5.05. The number of amides is 3. The predicted molar refractivity (Wildman–Crippen MR) is 78.1 cm³/mol. The number of carbonyl (C=O) groups excluding carboxylic acids is 4. The van der Waals surface area contributed by atoms with Crippen molar-refractivity contribution in [3.63, 3.8) is 0 Å². The van der Waals surface area contributed by atoms with Crippen LogP contribution in [-0.4, -0.2) is 59.5 Å². The highest BCUT2D eigenvalue weighted by atomic mass is 16.2. The van der Waals surface area contributed by atoms with Gasteiger partial charge in [-0.25, -0.2) is 0 Å². The Morgan fingerprint density at radius 2 is 1.41 bits per heavy atom. The van der Waals surface area contributed by atoms with Crippen molar-refractivity contribution < 1.29 is 19.2 Å². The first-order chi connectivity index (χ1) is 10.4. The van der Waals surface area contributed by atoms with Crippen molar-refractivity contribution in [2.75, 3.05) is 26.2 Å². The molecule has 0 radical (unpaired) electrons. The smallest absolute Gasteiger partial charge is 0.311 e. The molecule has 22 heavy (non-hydrogen) atoms. The lowest BCUT2D eigenvalue weighted by molar-refractivity contribution is -0.145. The lowest BCUT2D eigenvalue weighted by Crippen LogP contribution is -2.53. The lowest BCUT2D eigenvalue weighted by Gasteiger charge is -2.34. The first kappa shape index (κ1) is 15.7. The minimum atomic E-state index is -0.998. The van der Waals surface area contributed by atoms with Crippen LogP contribution >= 0.6 is 0 Å². The van der Waals surface area contributed by atoms with E-state index in [1.807, 2.05) is 0 Å². The molecule has 2 N–H and O–H groups in total. The van der Waals surface area contributed by atoms with Gasteiger partial charge < -0.3 is 15.5 Å². The summed E-state index contributed by atoms with van der Waals surface area (Å²) in [6.07, 6.45) is 0. The van der Waals surface area contributed by atoms with Crippen molar-refractivity contribution in [2.45, 2.75) is 6.92 Å². The summed E-state index contributed by atoms with van der Waals surface area (Å²) in [5.41, 5.74) is 5.69. The van der Waals surface area contributed by atoms with E-state index in [0.717, 1.165) is 0 Å². The van der Waals surface area contributed by atoms with E-state index in [-0.39, 0.29) is 24.8 Å². The largest absolute Gasteiger partial charge is 0.361 e. The van der Waals surface area contributed by atoms with Gasteiger partial charge in [0.05, 0.1) is 5.56 Å². The Morgan fingerprint density at radius 3 is 1.91 bits per heavy atom. The molecule has 0 unspecified atom stereocenters. The molecule has 7 heteroatoms. The number of primary amides is 1. The molecular formula is C15H17N3O4. The van der Waals surface area contributed by atoms with Crippen molar-refractivity contribution in [3.8, 4) is 0 Å². The first-order valence-electron chi connectivity index (χ1n) is 6.89. The number of nitrogens with zero attached hydrogens (tertiary/aromatic N) is 2. The summed E-state index contributed by atoms with van der Waals surface area (Å²) in [6, 6.07) is 6.63. The summed E-state index contributed by atoms with van der Waals surface area (Å²) in [5.74, 6) is -2.17. The molecular weight excluding hydrogens is 286 g/mol. The van der Waals surface area contributed by atoms with Crippen LogP contribution in [0.4, 0.5) is 0 Å². The monoisotopic (exact) mass is 303 g/mol. The van der Waals surface area contributed by atoms with Crippen LogP contribution in [0.1, 0.15) is 27.6 Å². The van der Waals surface area contributed by atoms with E-state index >= 15 is 0 Å². The van der Waals surface area contributed by atoms with Gasteiger partial charge in [-0.15, -0.1) is 0 Å². The number of piperazine rings is 1. The predicted octanol–water partition coefficient (Wildman–Crippen LogP) is -0.341. The average molecular weight is 303 g/mol. The zero-order chi connectivity index (χ0) is 16.3. The van der Waals surface area contributed by atoms with Gasteiger partial charge in [0, 0.05) is 31.7 Å². The molecule has 0 saturated carbocycles. The maximum absolute atomic E-state index is 12.5. The second-order valence-corrected chi connectivity index (χ2v) is 5.05. The molecule has 1 aliphatic heterocycles.